The van der Waals surface area contributed by atoms with Crippen LogP contribution < -0.4 is 0 Å². The molecule has 0 aliphatic heterocycles. The highest BCUT2D eigenvalue weighted by atomic mass is 32.1. The molecule has 1 radical (unpaired) electrons. The van der Waals surface area contributed by atoms with Crippen LogP contribution >= 0.6 is 11.5 Å². The Kier molecular flexibility index (Phi) is 1.96. The van der Waals surface area contributed by atoms with Crippen molar-refractivity contribution in [2.24, 2.45) is 0 Å². The van der Waals surface area contributed by atoms with Gasteiger partial charge in [-0.3, -0.25) is 0 Å². The number of rotatable bonds is 1. The minimum absolute atomic E-state index is 0.755. The summed E-state index contributed by atoms with van der Waals surface area (Å²) in [6.45, 7) is 0. The van der Waals surface area contributed by atoms with E-state index >= 15 is 0 Å². The van der Waals surface area contributed by atoms with Crippen molar-refractivity contribution in [3.05, 3.63) is 48.0 Å². The number of benzene rings is 2. The van der Waals surface area contributed by atoms with E-state index < -0.39 is 0 Å². The Morgan fingerprint density at radius 3 is 2.87 bits per heavy atom. The Labute approximate surface area is 91.4 Å². The van der Waals surface area contributed by atoms with E-state index in [1.54, 1.807) is 5.51 Å². The van der Waals surface area contributed by atoms with Crippen LogP contribution in [-0.2, 0) is 0 Å². The van der Waals surface area contributed by atoms with Gasteiger partial charge < -0.3 is 0 Å². The van der Waals surface area contributed by atoms with Crippen LogP contribution in [0.5, 0.6) is 0 Å². The largest absolute Gasteiger partial charge is 0.223 e. The van der Waals surface area contributed by atoms with Gasteiger partial charge in [-0.05, 0) is 28.4 Å². The predicted molar refractivity (Wildman–Crippen MR) is 61.7 cm³/mol. The molecule has 2 aromatic carbocycles. The SMILES string of the molecule is [c]1c(-c2ncsn2)ccc2ccccc12. The molecule has 3 heteroatoms. The minimum atomic E-state index is 0.755. The molecule has 0 saturated heterocycles. The number of fused-ring (bicyclic) bond motifs is 1. The third-order valence-electron chi connectivity index (χ3n) is 2.26. The van der Waals surface area contributed by atoms with E-state index in [0.717, 1.165) is 16.8 Å². The Morgan fingerprint density at radius 1 is 1.07 bits per heavy atom. The topological polar surface area (TPSA) is 25.8 Å². The first-order valence-corrected chi connectivity index (χ1v) is 5.45. The third-order valence-corrected chi connectivity index (χ3v) is 2.74. The van der Waals surface area contributed by atoms with E-state index in [4.69, 9.17) is 0 Å². The number of aromatic nitrogens is 2. The number of hydrogen-bond donors (Lipinski definition) is 0. The van der Waals surface area contributed by atoms with Gasteiger partial charge in [0.2, 0.25) is 0 Å². The molecule has 0 N–H and O–H groups in total. The van der Waals surface area contributed by atoms with Gasteiger partial charge in [-0.15, -0.1) is 0 Å². The highest BCUT2D eigenvalue weighted by Crippen LogP contribution is 2.21. The normalized spacial score (nSPS) is 10.7. The van der Waals surface area contributed by atoms with Crippen LogP contribution in [0.3, 0.4) is 0 Å². The molecule has 0 aliphatic carbocycles. The molecule has 15 heavy (non-hydrogen) atoms. The minimum Gasteiger partial charge on any atom is -0.223 e. The van der Waals surface area contributed by atoms with Gasteiger partial charge in [-0.2, -0.15) is 4.37 Å². The van der Waals surface area contributed by atoms with E-state index in [1.807, 2.05) is 24.3 Å². The molecule has 0 amide bonds. The zero-order chi connectivity index (χ0) is 10.1. The second-order valence-electron chi connectivity index (χ2n) is 3.21. The molecule has 1 aromatic heterocycles. The zero-order valence-electron chi connectivity index (χ0n) is 7.84. The van der Waals surface area contributed by atoms with Gasteiger partial charge in [0.15, 0.2) is 5.82 Å². The maximum absolute atomic E-state index is 4.19. The summed E-state index contributed by atoms with van der Waals surface area (Å²) in [7, 11) is 0. The molecule has 71 valence electrons. The summed E-state index contributed by atoms with van der Waals surface area (Å²) in [5.74, 6) is 0.755. The average molecular weight is 211 g/mol. The van der Waals surface area contributed by atoms with E-state index in [9.17, 15) is 0 Å². The lowest BCUT2D eigenvalue weighted by Crippen LogP contribution is -1.80. The Morgan fingerprint density at radius 2 is 2.00 bits per heavy atom. The first kappa shape index (κ1) is 8.56. The van der Waals surface area contributed by atoms with E-state index in [1.165, 1.54) is 16.9 Å². The summed E-state index contributed by atoms with van der Waals surface area (Å²) < 4.78 is 4.19. The van der Waals surface area contributed by atoms with Crippen molar-refractivity contribution in [3.8, 4) is 11.4 Å². The Bertz CT molecular complexity index is 587. The van der Waals surface area contributed by atoms with Crippen LogP contribution in [0, 0.1) is 6.07 Å². The highest BCUT2D eigenvalue weighted by Gasteiger charge is 2.02. The second-order valence-corrected chi connectivity index (χ2v) is 3.82. The van der Waals surface area contributed by atoms with Gasteiger partial charge in [-0.25, -0.2) is 4.98 Å². The van der Waals surface area contributed by atoms with Crippen LogP contribution in [0.25, 0.3) is 22.2 Å². The molecule has 3 rings (SSSR count). The van der Waals surface area contributed by atoms with Crippen LogP contribution in [-0.4, -0.2) is 9.36 Å². The lowest BCUT2D eigenvalue weighted by Gasteiger charge is -1.98. The molecule has 0 bridgehead atoms. The fraction of sp³-hybridized carbons (Fsp3) is 0. The van der Waals surface area contributed by atoms with Gasteiger partial charge in [0.25, 0.3) is 0 Å². The van der Waals surface area contributed by atoms with Gasteiger partial charge in [0.05, 0.1) is 0 Å². The molecule has 0 fully saturated rings. The molecule has 0 atom stereocenters. The van der Waals surface area contributed by atoms with Crippen molar-refractivity contribution in [1.29, 1.82) is 0 Å². The standard InChI is InChI=1S/C12H7N2S/c1-2-4-10-7-11(6-5-9(10)3-1)12-13-8-15-14-12/h1-6,8H. The first-order valence-electron chi connectivity index (χ1n) is 4.61. The van der Waals surface area contributed by atoms with Crippen molar-refractivity contribution in [1.82, 2.24) is 9.36 Å². The predicted octanol–water partition coefficient (Wildman–Crippen LogP) is 3.16. The lowest BCUT2D eigenvalue weighted by atomic mass is 10.1. The van der Waals surface area contributed by atoms with Crippen molar-refractivity contribution >= 4 is 22.3 Å². The summed E-state index contributed by atoms with van der Waals surface area (Å²) in [6, 6.07) is 15.5. The van der Waals surface area contributed by atoms with E-state index in [2.05, 4.69) is 27.6 Å². The maximum Gasteiger partial charge on any atom is 0.173 e. The molecule has 0 spiro atoms. The highest BCUT2D eigenvalue weighted by molar-refractivity contribution is 7.03. The summed E-state index contributed by atoms with van der Waals surface area (Å²) >= 11 is 1.36. The zero-order valence-corrected chi connectivity index (χ0v) is 8.66. The van der Waals surface area contributed by atoms with Gasteiger partial charge in [0, 0.05) is 11.6 Å². The lowest BCUT2D eigenvalue weighted by molar-refractivity contribution is 1.33. The molecule has 1 heterocycles. The quantitative estimate of drug-likeness (QED) is 0.618. The maximum atomic E-state index is 4.19. The third kappa shape index (κ3) is 1.51. The summed E-state index contributed by atoms with van der Waals surface area (Å²) in [5, 5.41) is 2.29. The fourth-order valence-corrected chi connectivity index (χ4v) is 1.98. The van der Waals surface area contributed by atoms with Crippen LogP contribution in [0.2, 0.25) is 0 Å². The fourth-order valence-electron chi connectivity index (χ4n) is 1.54. The first-order chi connectivity index (χ1) is 7.43. The van der Waals surface area contributed by atoms with Gasteiger partial charge >= 0.3 is 0 Å². The van der Waals surface area contributed by atoms with Crippen LogP contribution in [0.15, 0.2) is 41.9 Å². The molecule has 0 unspecified atom stereocenters. The van der Waals surface area contributed by atoms with Crippen molar-refractivity contribution in [2.75, 3.05) is 0 Å². The van der Waals surface area contributed by atoms with E-state index in [-0.39, 0.29) is 0 Å². The van der Waals surface area contributed by atoms with Crippen LogP contribution in [0.4, 0.5) is 0 Å². The second kappa shape index (κ2) is 3.44. The number of hydrogen-bond acceptors (Lipinski definition) is 3. The Balaban J connectivity index is 2.22. The molecule has 0 saturated carbocycles. The van der Waals surface area contributed by atoms with Gasteiger partial charge in [-0.1, -0.05) is 30.3 Å². The van der Waals surface area contributed by atoms with Crippen molar-refractivity contribution in [2.45, 2.75) is 0 Å². The van der Waals surface area contributed by atoms with Crippen LogP contribution in [0.1, 0.15) is 0 Å². The van der Waals surface area contributed by atoms with Crippen molar-refractivity contribution in [3.63, 3.8) is 0 Å². The molecular formula is C12H7N2S. The smallest absolute Gasteiger partial charge is 0.173 e. The molecule has 0 aliphatic rings. The van der Waals surface area contributed by atoms with E-state index in [0.29, 0.717) is 0 Å². The molecule has 2 nitrogen and oxygen atoms in total. The average Bonchev–Trinajstić information content (AvgIpc) is 2.82. The monoisotopic (exact) mass is 211 g/mol. The Hall–Kier alpha value is -1.74. The molecule has 3 aromatic rings. The number of nitrogens with zero attached hydrogens (tertiary/aromatic N) is 2. The van der Waals surface area contributed by atoms with Gasteiger partial charge in [0.1, 0.15) is 5.51 Å². The van der Waals surface area contributed by atoms with Crippen molar-refractivity contribution < 1.29 is 0 Å². The summed E-state index contributed by atoms with van der Waals surface area (Å²) in [5.41, 5.74) is 2.69. The molecular weight excluding hydrogens is 204 g/mol. The summed E-state index contributed by atoms with van der Waals surface area (Å²) in [4.78, 5) is 4.17. The summed E-state index contributed by atoms with van der Waals surface area (Å²) in [6.07, 6.45) is 0.